The first-order valence-electron chi connectivity index (χ1n) is 9.03. The second-order valence-corrected chi connectivity index (χ2v) is 8.10. The van der Waals surface area contributed by atoms with Crippen LogP contribution in [-0.2, 0) is 0 Å². The van der Waals surface area contributed by atoms with E-state index in [4.69, 9.17) is 4.42 Å². The van der Waals surface area contributed by atoms with Crippen molar-refractivity contribution in [1.82, 2.24) is 19.8 Å². The van der Waals surface area contributed by atoms with Crippen molar-refractivity contribution in [2.75, 3.05) is 26.7 Å². The van der Waals surface area contributed by atoms with Gasteiger partial charge in [-0.2, -0.15) is 0 Å². The summed E-state index contributed by atoms with van der Waals surface area (Å²) in [5, 5.41) is 0. The third kappa shape index (κ3) is 2.88. The molecular formula is C19H26N4O2. The van der Waals surface area contributed by atoms with Gasteiger partial charge in [0.05, 0.1) is 18.5 Å². The summed E-state index contributed by atoms with van der Waals surface area (Å²) in [6, 6.07) is 3.80. The first-order chi connectivity index (χ1) is 12.0. The van der Waals surface area contributed by atoms with E-state index >= 15 is 0 Å². The van der Waals surface area contributed by atoms with Crippen LogP contribution in [0.1, 0.15) is 60.7 Å². The highest BCUT2D eigenvalue weighted by atomic mass is 16.3. The molecule has 1 amide bonds. The molecule has 134 valence electrons. The van der Waals surface area contributed by atoms with Crippen molar-refractivity contribution in [1.29, 1.82) is 0 Å². The number of carbonyl (C=O) groups is 1. The molecule has 0 bridgehead atoms. The van der Waals surface area contributed by atoms with E-state index in [1.165, 1.54) is 0 Å². The van der Waals surface area contributed by atoms with Gasteiger partial charge in [-0.1, -0.05) is 13.8 Å². The molecule has 2 aromatic rings. The Balaban J connectivity index is 1.50. The third-order valence-corrected chi connectivity index (χ3v) is 5.63. The van der Waals surface area contributed by atoms with Crippen molar-refractivity contribution >= 4 is 5.91 Å². The highest BCUT2D eigenvalue weighted by Crippen LogP contribution is 2.48. The summed E-state index contributed by atoms with van der Waals surface area (Å²) in [7, 11) is 2.15. The fraction of sp³-hybridized carbons (Fsp3) is 0.579. The molecular weight excluding hydrogens is 316 g/mol. The Bertz CT molecular complexity index is 741. The van der Waals surface area contributed by atoms with E-state index in [0.29, 0.717) is 11.6 Å². The SMILES string of the molecule is CN1CCC(c2ncc(C(=O)N3CC(C)(C)C3c3ccco3)[nH]2)CC1. The molecule has 1 atom stereocenters. The van der Waals surface area contributed by atoms with E-state index in [1.807, 2.05) is 17.0 Å². The monoisotopic (exact) mass is 342 g/mol. The summed E-state index contributed by atoms with van der Waals surface area (Å²) in [4.78, 5) is 25.0. The number of rotatable bonds is 3. The van der Waals surface area contributed by atoms with Gasteiger partial charge in [-0.25, -0.2) is 4.98 Å². The van der Waals surface area contributed by atoms with E-state index in [2.05, 4.69) is 35.8 Å². The van der Waals surface area contributed by atoms with Crippen molar-refractivity contribution < 1.29 is 9.21 Å². The van der Waals surface area contributed by atoms with Crippen molar-refractivity contribution in [2.45, 2.75) is 38.6 Å². The third-order valence-electron chi connectivity index (χ3n) is 5.63. The minimum Gasteiger partial charge on any atom is -0.467 e. The van der Waals surface area contributed by atoms with Gasteiger partial charge in [-0.15, -0.1) is 0 Å². The predicted molar refractivity (Wildman–Crippen MR) is 94.3 cm³/mol. The average Bonchev–Trinajstić information content (AvgIpc) is 3.25. The average molecular weight is 342 g/mol. The molecule has 2 aliphatic heterocycles. The quantitative estimate of drug-likeness (QED) is 0.931. The Morgan fingerprint density at radius 3 is 2.76 bits per heavy atom. The molecule has 0 spiro atoms. The number of H-pyrrole nitrogens is 1. The smallest absolute Gasteiger partial charge is 0.272 e. The lowest BCUT2D eigenvalue weighted by Crippen LogP contribution is -2.57. The number of furan rings is 1. The van der Waals surface area contributed by atoms with Crippen molar-refractivity contribution in [3.63, 3.8) is 0 Å². The number of piperidine rings is 1. The highest BCUT2D eigenvalue weighted by Gasteiger charge is 2.50. The maximum Gasteiger partial charge on any atom is 0.272 e. The Hall–Kier alpha value is -2.08. The number of carbonyl (C=O) groups excluding carboxylic acids is 1. The van der Waals surface area contributed by atoms with Crippen LogP contribution in [0, 0.1) is 5.41 Å². The number of nitrogens with zero attached hydrogens (tertiary/aromatic N) is 3. The van der Waals surface area contributed by atoms with Gasteiger partial charge in [-0.3, -0.25) is 4.79 Å². The van der Waals surface area contributed by atoms with E-state index in [-0.39, 0.29) is 17.4 Å². The number of aromatic amines is 1. The fourth-order valence-electron chi connectivity index (χ4n) is 4.19. The van der Waals surface area contributed by atoms with Gasteiger partial charge < -0.3 is 19.2 Å². The summed E-state index contributed by atoms with van der Waals surface area (Å²) >= 11 is 0. The lowest BCUT2D eigenvalue weighted by Gasteiger charge is -2.52. The predicted octanol–water partition coefficient (Wildman–Crippen LogP) is 3.04. The molecule has 0 aliphatic carbocycles. The molecule has 0 aromatic carbocycles. The van der Waals surface area contributed by atoms with Crippen LogP contribution < -0.4 is 0 Å². The van der Waals surface area contributed by atoms with Gasteiger partial charge in [0, 0.05) is 17.9 Å². The first-order valence-corrected chi connectivity index (χ1v) is 9.03. The number of hydrogen-bond donors (Lipinski definition) is 1. The van der Waals surface area contributed by atoms with E-state index < -0.39 is 0 Å². The molecule has 0 radical (unpaired) electrons. The van der Waals surface area contributed by atoms with Crippen LogP contribution in [0.25, 0.3) is 0 Å². The zero-order valence-electron chi connectivity index (χ0n) is 15.2. The molecule has 2 aliphatic rings. The Morgan fingerprint density at radius 2 is 2.12 bits per heavy atom. The number of amides is 1. The van der Waals surface area contributed by atoms with Crippen LogP contribution in [0.3, 0.4) is 0 Å². The van der Waals surface area contributed by atoms with Crippen LogP contribution >= 0.6 is 0 Å². The maximum absolute atomic E-state index is 13.0. The van der Waals surface area contributed by atoms with Gasteiger partial charge >= 0.3 is 0 Å². The van der Waals surface area contributed by atoms with Crippen molar-refractivity contribution in [3.05, 3.63) is 41.9 Å². The fourth-order valence-corrected chi connectivity index (χ4v) is 4.19. The Labute approximate surface area is 148 Å². The first kappa shape index (κ1) is 16.4. The summed E-state index contributed by atoms with van der Waals surface area (Å²) in [6.07, 6.45) is 5.54. The van der Waals surface area contributed by atoms with Crippen LogP contribution in [0.2, 0.25) is 0 Å². The second-order valence-electron chi connectivity index (χ2n) is 8.10. The number of nitrogens with one attached hydrogen (secondary N) is 1. The molecule has 1 N–H and O–H groups in total. The second kappa shape index (κ2) is 6.02. The molecule has 4 heterocycles. The number of aromatic nitrogens is 2. The largest absolute Gasteiger partial charge is 0.467 e. The summed E-state index contributed by atoms with van der Waals surface area (Å²) in [5.74, 6) is 2.23. The normalized spacial score (nSPS) is 24.3. The van der Waals surface area contributed by atoms with Crippen LogP contribution in [-0.4, -0.2) is 52.4 Å². The van der Waals surface area contributed by atoms with Crippen LogP contribution in [0.5, 0.6) is 0 Å². The molecule has 6 nitrogen and oxygen atoms in total. The van der Waals surface area contributed by atoms with Gasteiger partial charge in [-0.05, 0) is 45.1 Å². The lowest BCUT2D eigenvalue weighted by molar-refractivity contribution is -0.0421. The van der Waals surface area contributed by atoms with E-state index in [0.717, 1.165) is 44.1 Å². The number of hydrogen-bond acceptors (Lipinski definition) is 4. The van der Waals surface area contributed by atoms with Gasteiger partial charge in [0.1, 0.15) is 17.3 Å². The molecule has 25 heavy (non-hydrogen) atoms. The Morgan fingerprint density at radius 1 is 1.36 bits per heavy atom. The molecule has 2 aromatic heterocycles. The highest BCUT2D eigenvalue weighted by molar-refractivity contribution is 5.93. The van der Waals surface area contributed by atoms with Crippen molar-refractivity contribution in [3.8, 4) is 0 Å². The number of likely N-dealkylation sites (tertiary alicyclic amines) is 2. The van der Waals surface area contributed by atoms with Gasteiger partial charge in [0.25, 0.3) is 5.91 Å². The van der Waals surface area contributed by atoms with Crippen molar-refractivity contribution in [2.24, 2.45) is 5.41 Å². The minimum absolute atomic E-state index is 0.00685. The molecule has 1 unspecified atom stereocenters. The van der Waals surface area contributed by atoms with Gasteiger partial charge in [0.15, 0.2) is 0 Å². The summed E-state index contributed by atoms with van der Waals surface area (Å²) < 4.78 is 5.58. The lowest BCUT2D eigenvalue weighted by atomic mass is 9.73. The van der Waals surface area contributed by atoms with Crippen LogP contribution in [0.4, 0.5) is 0 Å². The summed E-state index contributed by atoms with van der Waals surface area (Å²) in [5.41, 5.74) is 0.602. The van der Waals surface area contributed by atoms with E-state index in [9.17, 15) is 4.79 Å². The molecule has 2 fully saturated rings. The zero-order chi connectivity index (χ0) is 17.6. The topological polar surface area (TPSA) is 65.4 Å². The minimum atomic E-state index is -0.0231. The molecule has 6 heteroatoms. The maximum atomic E-state index is 13.0. The van der Waals surface area contributed by atoms with Gasteiger partial charge in [0.2, 0.25) is 0 Å². The zero-order valence-corrected chi connectivity index (χ0v) is 15.2. The van der Waals surface area contributed by atoms with Crippen LogP contribution in [0.15, 0.2) is 29.0 Å². The molecule has 0 saturated carbocycles. The summed E-state index contributed by atoms with van der Waals surface area (Å²) in [6.45, 7) is 7.21. The van der Waals surface area contributed by atoms with E-state index in [1.54, 1.807) is 12.5 Å². The molecule has 2 saturated heterocycles. The standard InChI is InChI=1S/C19H26N4O2/c1-19(2)12-23(16(19)15-5-4-10-25-15)18(24)14-11-20-17(21-14)13-6-8-22(3)9-7-13/h4-5,10-11,13,16H,6-9,12H2,1-3H3,(H,20,21). The number of imidazole rings is 1. The molecule has 4 rings (SSSR count). The Kier molecular flexibility index (Phi) is 3.95.